The lowest BCUT2D eigenvalue weighted by atomic mass is 9.98. The molecule has 1 fully saturated rings. The number of sulfonamides is 1. The van der Waals surface area contributed by atoms with Crippen LogP contribution in [0.5, 0.6) is 0 Å². The summed E-state index contributed by atoms with van der Waals surface area (Å²) in [6.45, 7) is 5.74. The van der Waals surface area contributed by atoms with Gasteiger partial charge in [0.25, 0.3) is 10.0 Å². The molecule has 0 aromatic carbocycles. The zero-order valence-electron chi connectivity index (χ0n) is 13.1. The summed E-state index contributed by atoms with van der Waals surface area (Å²) in [7, 11) is -1.69. The van der Waals surface area contributed by atoms with Crippen molar-refractivity contribution in [1.29, 1.82) is 0 Å². The van der Waals surface area contributed by atoms with Gasteiger partial charge in [-0.3, -0.25) is 5.10 Å². The van der Waals surface area contributed by atoms with Crippen LogP contribution < -0.4 is 5.32 Å². The second-order valence-electron chi connectivity index (χ2n) is 5.77. The molecule has 0 amide bonds. The summed E-state index contributed by atoms with van der Waals surface area (Å²) in [5, 5.41) is 10.1. The van der Waals surface area contributed by atoms with Crippen molar-refractivity contribution < 1.29 is 8.42 Å². The van der Waals surface area contributed by atoms with Crippen LogP contribution in [0.15, 0.2) is 5.03 Å². The average Bonchev–Trinajstić information content (AvgIpc) is 2.69. The van der Waals surface area contributed by atoms with Gasteiger partial charge in [-0.25, -0.2) is 8.42 Å². The van der Waals surface area contributed by atoms with Crippen molar-refractivity contribution in [3.8, 4) is 0 Å². The molecule has 0 radical (unpaired) electrons. The maximum atomic E-state index is 12.9. The topological polar surface area (TPSA) is 78.1 Å². The number of aromatic nitrogens is 2. The third-order valence-corrected chi connectivity index (χ3v) is 6.23. The molecule has 1 aromatic heterocycles. The van der Waals surface area contributed by atoms with E-state index in [2.05, 4.69) is 22.4 Å². The lowest BCUT2D eigenvalue weighted by Gasteiger charge is -2.19. The third-order valence-electron chi connectivity index (χ3n) is 4.36. The van der Waals surface area contributed by atoms with Crippen molar-refractivity contribution in [2.75, 3.05) is 20.1 Å². The molecular weight excluding hydrogens is 288 g/mol. The summed E-state index contributed by atoms with van der Waals surface area (Å²) in [5.74, 6) is 0.642. The molecule has 1 aromatic rings. The SMILES string of the molecule is CCC1CCCN(S(=O)(=O)c2n[nH]c(C)c2CNC)CC1. The highest BCUT2D eigenvalue weighted by atomic mass is 32.2. The van der Waals surface area contributed by atoms with E-state index in [1.807, 2.05) is 6.92 Å². The monoisotopic (exact) mass is 314 g/mol. The van der Waals surface area contributed by atoms with Crippen LogP contribution in [0.25, 0.3) is 0 Å². The van der Waals surface area contributed by atoms with E-state index < -0.39 is 10.0 Å². The molecule has 1 aliphatic heterocycles. The van der Waals surface area contributed by atoms with Gasteiger partial charge in [-0.05, 0) is 39.2 Å². The molecule has 1 unspecified atom stereocenters. The van der Waals surface area contributed by atoms with Crippen molar-refractivity contribution >= 4 is 10.0 Å². The fourth-order valence-electron chi connectivity index (χ4n) is 2.94. The summed E-state index contributed by atoms with van der Waals surface area (Å²) in [5.41, 5.74) is 1.55. The molecular formula is C14H26N4O2S. The van der Waals surface area contributed by atoms with E-state index in [1.165, 1.54) is 0 Å². The van der Waals surface area contributed by atoms with Gasteiger partial charge >= 0.3 is 0 Å². The van der Waals surface area contributed by atoms with Crippen LogP contribution in [-0.2, 0) is 16.6 Å². The first-order chi connectivity index (χ1) is 10.0. The third kappa shape index (κ3) is 3.46. The lowest BCUT2D eigenvalue weighted by Crippen LogP contribution is -2.33. The predicted molar refractivity (Wildman–Crippen MR) is 82.5 cm³/mol. The first kappa shape index (κ1) is 16.5. The molecule has 1 saturated heterocycles. The smallest absolute Gasteiger partial charge is 0.262 e. The molecule has 6 nitrogen and oxygen atoms in total. The van der Waals surface area contributed by atoms with E-state index >= 15 is 0 Å². The average molecular weight is 314 g/mol. The first-order valence-corrected chi connectivity index (χ1v) is 9.13. The number of H-pyrrole nitrogens is 1. The van der Waals surface area contributed by atoms with Gasteiger partial charge in [0, 0.05) is 30.9 Å². The molecule has 0 spiro atoms. The minimum atomic E-state index is -3.50. The van der Waals surface area contributed by atoms with Crippen LogP contribution in [0.1, 0.15) is 43.9 Å². The molecule has 1 aliphatic rings. The Hall–Kier alpha value is -0.920. The molecule has 21 heavy (non-hydrogen) atoms. The molecule has 0 bridgehead atoms. The standard InChI is InChI=1S/C14H26N4O2S/c1-4-12-6-5-8-18(9-7-12)21(19,20)14-13(10-15-3)11(2)16-17-14/h12,15H,4-10H2,1-3H3,(H,16,17). The Morgan fingerprint density at radius 1 is 1.38 bits per heavy atom. The van der Waals surface area contributed by atoms with Gasteiger partial charge in [0.1, 0.15) is 0 Å². The minimum absolute atomic E-state index is 0.185. The van der Waals surface area contributed by atoms with Gasteiger partial charge in [-0.15, -0.1) is 0 Å². The number of nitrogens with one attached hydrogen (secondary N) is 2. The molecule has 2 heterocycles. The molecule has 0 saturated carbocycles. The molecule has 1 atom stereocenters. The number of rotatable bonds is 5. The van der Waals surface area contributed by atoms with E-state index in [4.69, 9.17) is 0 Å². The highest BCUT2D eigenvalue weighted by Gasteiger charge is 2.31. The molecule has 7 heteroatoms. The van der Waals surface area contributed by atoms with Crippen LogP contribution >= 0.6 is 0 Å². The summed E-state index contributed by atoms with van der Waals surface area (Å²) in [4.78, 5) is 0. The zero-order valence-corrected chi connectivity index (χ0v) is 14.0. The fraction of sp³-hybridized carbons (Fsp3) is 0.786. The van der Waals surface area contributed by atoms with Crippen molar-refractivity contribution in [3.05, 3.63) is 11.3 Å². The van der Waals surface area contributed by atoms with Crippen LogP contribution in [0.3, 0.4) is 0 Å². The van der Waals surface area contributed by atoms with Crippen LogP contribution in [0.4, 0.5) is 0 Å². The van der Waals surface area contributed by atoms with Crippen LogP contribution in [0, 0.1) is 12.8 Å². The van der Waals surface area contributed by atoms with Gasteiger partial charge in [-0.1, -0.05) is 13.3 Å². The van der Waals surface area contributed by atoms with Gasteiger partial charge < -0.3 is 5.32 Å². The van der Waals surface area contributed by atoms with Crippen molar-refractivity contribution in [2.45, 2.75) is 51.1 Å². The van der Waals surface area contributed by atoms with Crippen LogP contribution in [-0.4, -0.2) is 43.1 Å². The van der Waals surface area contributed by atoms with E-state index in [1.54, 1.807) is 11.4 Å². The van der Waals surface area contributed by atoms with Crippen molar-refractivity contribution in [1.82, 2.24) is 19.8 Å². The molecule has 2 N–H and O–H groups in total. The fourth-order valence-corrected chi connectivity index (χ4v) is 4.60. The van der Waals surface area contributed by atoms with Gasteiger partial charge in [-0.2, -0.15) is 9.40 Å². The summed E-state index contributed by atoms with van der Waals surface area (Å²) < 4.78 is 27.3. The Kier molecular flexibility index (Phi) is 5.40. The van der Waals surface area contributed by atoms with E-state index in [-0.39, 0.29) is 5.03 Å². The Balaban J connectivity index is 2.25. The molecule has 2 rings (SSSR count). The van der Waals surface area contributed by atoms with Gasteiger partial charge in [0.15, 0.2) is 5.03 Å². The predicted octanol–water partition coefficient (Wildman–Crippen LogP) is 1.64. The Morgan fingerprint density at radius 2 is 2.14 bits per heavy atom. The number of hydrogen-bond donors (Lipinski definition) is 2. The van der Waals surface area contributed by atoms with Gasteiger partial charge in [0.05, 0.1) is 0 Å². The van der Waals surface area contributed by atoms with E-state index in [0.29, 0.717) is 25.6 Å². The second-order valence-corrected chi connectivity index (χ2v) is 7.63. The van der Waals surface area contributed by atoms with Crippen molar-refractivity contribution in [2.24, 2.45) is 5.92 Å². The summed E-state index contributed by atoms with van der Waals surface area (Å²) in [6, 6.07) is 0. The Morgan fingerprint density at radius 3 is 2.81 bits per heavy atom. The zero-order chi connectivity index (χ0) is 15.5. The first-order valence-electron chi connectivity index (χ1n) is 7.69. The number of aromatic amines is 1. The quantitative estimate of drug-likeness (QED) is 0.866. The second kappa shape index (κ2) is 6.89. The summed E-state index contributed by atoms with van der Waals surface area (Å²) >= 11 is 0. The highest BCUT2D eigenvalue weighted by molar-refractivity contribution is 7.89. The largest absolute Gasteiger partial charge is 0.316 e. The Labute approximate surface area is 127 Å². The highest BCUT2D eigenvalue weighted by Crippen LogP contribution is 2.26. The maximum absolute atomic E-state index is 12.9. The number of aryl methyl sites for hydroxylation is 1. The lowest BCUT2D eigenvalue weighted by molar-refractivity contribution is 0.405. The number of nitrogens with zero attached hydrogens (tertiary/aromatic N) is 2. The van der Waals surface area contributed by atoms with Gasteiger partial charge in [0.2, 0.25) is 0 Å². The van der Waals surface area contributed by atoms with Crippen molar-refractivity contribution in [3.63, 3.8) is 0 Å². The minimum Gasteiger partial charge on any atom is -0.316 e. The molecule has 0 aliphatic carbocycles. The molecule has 120 valence electrons. The Bertz CT molecular complexity index is 568. The maximum Gasteiger partial charge on any atom is 0.262 e. The van der Waals surface area contributed by atoms with Crippen LogP contribution in [0.2, 0.25) is 0 Å². The van der Waals surface area contributed by atoms with E-state index in [0.717, 1.165) is 36.9 Å². The normalized spacial score (nSPS) is 21.4. The number of hydrogen-bond acceptors (Lipinski definition) is 4. The summed E-state index contributed by atoms with van der Waals surface area (Å²) in [6.07, 6.45) is 4.12. The van der Waals surface area contributed by atoms with E-state index in [9.17, 15) is 8.42 Å².